The van der Waals surface area contributed by atoms with Crippen LogP contribution in [0.15, 0.2) is 67.0 Å². The van der Waals surface area contributed by atoms with Gasteiger partial charge in [-0.3, -0.25) is 14.6 Å². The Morgan fingerprint density at radius 3 is 2.39 bits per heavy atom. The minimum absolute atomic E-state index is 0.278. The quantitative estimate of drug-likeness (QED) is 0.657. The van der Waals surface area contributed by atoms with Crippen molar-refractivity contribution in [2.75, 3.05) is 11.9 Å². The van der Waals surface area contributed by atoms with Gasteiger partial charge in [0.25, 0.3) is 11.8 Å². The lowest BCUT2D eigenvalue weighted by Gasteiger charge is -2.08. The highest BCUT2D eigenvalue weighted by Crippen LogP contribution is 2.12. The summed E-state index contributed by atoms with van der Waals surface area (Å²) < 4.78 is 0. The maximum Gasteiger partial charge on any atom is 0.257 e. The number of aryl methyl sites for hydroxylation is 1. The Labute approximate surface area is 168 Å². The van der Waals surface area contributed by atoms with Crippen molar-refractivity contribution in [1.29, 1.82) is 0 Å². The molecule has 0 saturated carbocycles. The van der Waals surface area contributed by atoms with Crippen molar-refractivity contribution < 1.29 is 9.59 Å². The molecular weight excluding hydrogens is 374 g/mol. The summed E-state index contributed by atoms with van der Waals surface area (Å²) in [7, 11) is 0. The predicted molar refractivity (Wildman–Crippen MR) is 111 cm³/mol. The van der Waals surface area contributed by atoms with Gasteiger partial charge in [-0.1, -0.05) is 41.4 Å². The molecule has 2 N–H and O–H groups in total. The van der Waals surface area contributed by atoms with Crippen LogP contribution >= 0.6 is 11.6 Å². The first-order valence-corrected chi connectivity index (χ1v) is 9.25. The molecule has 0 atom stereocenters. The maximum absolute atomic E-state index is 12.4. The number of nitrogens with zero attached hydrogens (tertiary/aromatic N) is 1. The van der Waals surface area contributed by atoms with Gasteiger partial charge in [0.05, 0.1) is 11.1 Å². The van der Waals surface area contributed by atoms with Gasteiger partial charge < -0.3 is 10.6 Å². The molecule has 0 aliphatic heterocycles. The van der Waals surface area contributed by atoms with Crippen LogP contribution in [0.3, 0.4) is 0 Å². The molecular formula is C22H20ClN3O2. The zero-order chi connectivity index (χ0) is 19.9. The monoisotopic (exact) mass is 393 g/mol. The Morgan fingerprint density at radius 2 is 1.68 bits per heavy atom. The highest BCUT2D eigenvalue weighted by atomic mass is 35.5. The molecule has 0 aliphatic rings. The SMILES string of the molecule is Cc1ccc(NC(=O)c2cncc(C(=O)NCCc3cccc(Cl)c3)c2)cc1. The first-order chi connectivity index (χ1) is 13.5. The first kappa shape index (κ1) is 19.6. The molecule has 0 bridgehead atoms. The van der Waals surface area contributed by atoms with Crippen molar-refractivity contribution in [3.63, 3.8) is 0 Å². The molecule has 2 aromatic carbocycles. The Kier molecular flexibility index (Phi) is 6.40. The van der Waals surface area contributed by atoms with Crippen molar-refractivity contribution in [3.05, 3.63) is 94.3 Å². The molecule has 28 heavy (non-hydrogen) atoms. The number of halogens is 1. The second-order valence-electron chi connectivity index (χ2n) is 6.42. The van der Waals surface area contributed by atoms with E-state index in [4.69, 9.17) is 11.6 Å². The molecule has 0 saturated heterocycles. The van der Waals surface area contributed by atoms with Gasteiger partial charge in [0.1, 0.15) is 0 Å². The van der Waals surface area contributed by atoms with E-state index in [0.717, 1.165) is 11.1 Å². The van der Waals surface area contributed by atoms with Gasteiger partial charge in [-0.2, -0.15) is 0 Å². The predicted octanol–water partition coefficient (Wildman–Crippen LogP) is 4.27. The summed E-state index contributed by atoms with van der Waals surface area (Å²) in [6.07, 6.45) is 3.54. The van der Waals surface area contributed by atoms with Gasteiger partial charge in [0.2, 0.25) is 0 Å². The van der Waals surface area contributed by atoms with E-state index in [1.807, 2.05) is 55.5 Å². The number of benzene rings is 2. The number of hydrogen-bond donors (Lipinski definition) is 2. The van der Waals surface area contributed by atoms with Crippen molar-refractivity contribution in [1.82, 2.24) is 10.3 Å². The highest BCUT2D eigenvalue weighted by molar-refractivity contribution is 6.30. The van der Waals surface area contributed by atoms with Crippen molar-refractivity contribution in [2.45, 2.75) is 13.3 Å². The van der Waals surface area contributed by atoms with E-state index >= 15 is 0 Å². The van der Waals surface area contributed by atoms with Gasteiger partial charge in [0, 0.05) is 29.6 Å². The summed E-state index contributed by atoms with van der Waals surface area (Å²) in [4.78, 5) is 28.8. The summed E-state index contributed by atoms with van der Waals surface area (Å²) in [6, 6.07) is 16.5. The lowest BCUT2D eigenvalue weighted by atomic mass is 10.1. The molecule has 0 fully saturated rings. The molecule has 0 radical (unpaired) electrons. The average Bonchev–Trinajstić information content (AvgIpc) is 2.70. The number of pyridine rings is 1. The van der Waals surface area contributed by atoms with Crippen LogP contribution in [0.5, 0.6) is 0 Å². The largest absolute Gasteiger partial charge is 0.352 e. The zero-order valence-electron chi connectivity index (χ0n) is 15.4. The van der Waals surface area contributed by atoms with E-state index in [1.165, 1.54) is 18.5 Å². The molecule has 6 heteroatoms. The Hall–Kier alpha value is -3.18. The number of hydrogen-bond acceptors (Lipinski definition) is 3. The van der Waals surface area contributed by atoms with E-state index in [-0.39, 0.29) is 11.8 Å². The molecule has 3 rings (SSSR count). The molecule has 0 spiro atoms. The van der Waals surface area contributed by atoms with Gasteiger partial charge in [-0.25, -0.2) is 0 Å². The second-order valence-corrected chi connectivity index (χ2v) is 6.85. The normalized spacial score (nSPS) is 10.4. The molecule has 142 valence electrons. The van der Waals surface area contributed by atoms with Crippen molar-refractivity contribution >= 4 is 29.1 Å². The zero-order valence-corrected chi connectivity index (χ0v) is 16.2. The summed E-state index contributed by atoms with van der Waals surface area (Å²) in [5, 5.41) is 6.30. The molecule has 1 heterocycles. The number of amides is 2. The smallest absolute Gasteiger partial charge is 0.257 e. The third kappa shape index (κ3) is 5.41. The lowest BCUT2D eigenvalue weighted by molar-refractivity contribution is 0.0953. The molecule has 0 unspecified atom stereocenters. The van der Waals surface area contributed by atoms with Crippen LogP contribution in [-0.2, 0) is 6.42 Å². The number of aromatic nitrogens is 1. The van der Waals surface area contributed by atoms with Crippen molar-refractivity contribution in [2.24, 2.45) is 0 Å². The Bertz CT molecular complexity index is 987. The minimum atomic E-state index is -0.315. The minimum Gasteiger partial charge on any atom is -0.352 e. The van der Waals surface area contributed by atoms with Gasteiger partial charge >= 0.3 is 0 Å². The lowest BCUT2D eigenvalue weighted by Crippen LogP contribution is -2.26. The summed E-state index contributed by atoms with van der Waals surface area (Å²) in [5.74, 6) is -0.593. The van der Waals surface area contributed by atoms with Crippen LogP contribution < -0.4 is 10.6 Å². The molecule has 1 aromatic heterocycles. The summed E-state index contributed by atoms with van der Waals surface area (Å²) >= 11 is 5.96. The van der Waals surface area contributed by atoms with Gasteiger partial charge in [0.15, 0.2) is 0 Å². The topological polar surface area (TPSA) is 71.1 Å². The van der Waals surface area contributed by atoms with Crippen LogP contribution in [0.1, 0.15) is 31.8 Å². The van der Waals surface area contributed by atoms with E-state index in [0.29, 0.717) is 34.8 Å². The van der Waals surface area contributed by atoms with Crippen LogP contribution in [0.25, 0.3) is 0 Å². The van der Waals surface area contributed by atoms with E-state index in [2.05, 4.69) is 15.6 Å². The van der Waals surface area contributed by atoms with Gasteiger partial charge in [-0.05, 0) is 49.2 Å². The fourth-order valence-corrected chi connectivity index (χ4v) is 2.86. The first-order valence-electron chi connectivity index (χ1n) is 8.87. The standard InChI is InChI=1S/C22H20ClN3O2/c1-15-5-7-20(8-6-15)26-22(28)18-12-17(13-24-14-18)21(27)25-10-9-16-3-2-4-19(23)11-16/h2-8,11-14H,9-10H2,1H3,(H,25,27)(H,26,28). The fraction of sp³-hybridized carbons (Fsp3) is 0.136. The number of nitrogens with one attached hydrogen (secondary N) is 2. The van der Waals surface area contributed by atoms with Crippen LogP contribution in [0, 0.1) is 6.92 Å². The molecule has 2 amide bonds. The number of carbonyl (C=O) groups excluding carboxylic acids is 2. The van der Waals surface area contributed by atoms with Gasteiger partial charge in [-0.15, -0.1) is 0 Å². The van der Waals surface area contributed by atoms with E-state index < -0.39 is 0 Å². The molecule has 5 nitrogen and oxygen atoms in total. The third-order valence-electron chi connectivity index (χ3n) is 4.16. The second kappa shape index (κ2) is 9.15. The van der Waals surface area contributed by atoms with Crippen LogP contribution in [-0.4, -0.2) is 23.3 Å². The van der Waals surface area contributed by atoms with Crippen LogP contribution in [0.2, 0.25) is 5.02 Å². The maximum atomic E-state index is 12.4. The summed E-state index contributed by atoms with van der Waals surface area (Å²) in [5.41, 5.74) is 3.49. The van der Waals surface area contributed by atoms with E-state index in [9.17, 15) is 9.59 Å². The third-order valence-corrected chi connectivity index (χ3v) is 4.40. The Morgan fingerprint density at radius 1 is 0.964 bits per heavy atom. The Balaban J connectivity index is 1.59. The fourth-order valence-electron chi connectivity index (χ4n) is 2.64. The van der Waals surface area contributed by atoms with Crippen molar-refractivity contribution in [3.8, 4) is 0 Å². The van der Waals surface area contributed by atoms with Crippen LogP contribution in [0.4, 0.5) is 5.69 Å². The summed E-state index contributed by atoms with van der Waals surface area (Å²) in [6.45, 7) is 2.43. The number of carbonyl (C=O) groups is 2. The highest BCUT2D eigenvalue weighted by Gasteiger charge is 2.11. The van der Waals surface area contributed by atoms with E-state index in [1.54, 1.807) is 0 Å². The molecule has 0 aliphatic carbocycles. The average molecular weight is 394 g/mol. The number of anilines is 1. The number of rotatable bonds is 6. The molecule has 3 aromatic rings.